The maximum Gasteiger partial charge on any atom is 0.248 e. The summed E-state index contributed by atoms with van der Waals surface area (Å²) in [6, 6.07) is 2.77. The predicted molar refractivity (Wildman–Crippen MR) is 112 cm³/mol. The van der Waals surface area contributed by atoms with Gasteiger partial charge in [-0.2, -0.15) is 0 Å². The molecule has 9 nitrogen and oxygen atoms in total. The number of rotatable bonds is 5. The summed E-state index contributed by atoms with van der Waals surface area (Å²) < 4.78 is 3.73. The molecule has 1 fully saturated rings. The van der Waals surface area contributed by atoms with Gasteiger partial charge in [0.25, 0.3) is 0 Å². The van der Waals surface area contributed by atoms with Gasteiger partial charge in [0.1, 0.15) is 17.8 Å². The number of likely N-dealkylation sites (tertiary alicyclic amines) is 1. The van der Waals surface area contributed by atoms with E-state index >= 15 is 0 Å². The van der Waals surface area contributed by atoms with Gasteiger partial charge >= 0.3 is 0 Å². The summed E-state index contributed by atoms with van der Waals surface area (Å²) in [5.74, 6) is -0.511. The van der Waals surface area contributed by atoms with Gasteiger partial charge < -0.3 is 19.9 Å². The van der Waals surface area contributed by atoms with Crippen LogP contribution in [-0.2, 0) is 16.1 Å². The Kier molecular flexibility index (Phi) is 6.03. The fraction of sp³-hybridized carbons (Fsp3) is 0.619. The Morgan fingerprint density at radius 2 is 1.90 bits per heavy atom. The van der Waals surface area contributed by atoms with Gasteiger partial charge in [-0.25, -0.2) is 4.68 Å². The van der Waals surface area contributed by atoms with Gasteiger partial charge in [-0.15, -0.1) is 5.10 Å². The number of amides is 2. The van der Waals surface area contributed by atoms with Gasteiger partial charge in [0.15, 0.2) is 0 Å². The molecule has 164 valence electrons. The first-order valence-corrected chi connectivity index (χ1v) is 10.3. The van der Waals surface area contributed by atoms with E-state index in [4.69, 9.17) is 0 Å². The van der Waals surface area contributed by atoms with E-state index in [-0.39, 0.29) is 24.8 Å². The third-order valence-electron chi connectivity index (χ3n) is 5.72. The first kappa shape index (κ1) is 22.0. The van der Waals surface area contributed by atoms with E-state index in [2.05, 4.69) is 32.3 Å². The maximum atomic E-state index is 13.5. The lowest BCUT2D eigenvalue weighted by atomic mass is 9.85. The summed E-state index contributed by atoms with van der Waals surface area (Å²) in [6.07, 6.45) is 1.31. The van der Waals surface area contributed by atoms with Crippen molar-refractivity contribution in [1.82, 2.24) is 29.8 Å². The van der Waals surface area contributed by atoms with Crippen LogP contribution in [0.5, 0.6) is 0 Å². The van der Waals surface area contributed by atoms with Crippen LogP contribution in [0.15, 0.2) is 18.3 Å². The number of hydrogen-bond donors (Lipinski definition) is 2. The second-order valence-electron chi connectivity index (χ2n) is 9.17. The number of nitrogens with one attached hydrogen (secondary N) is 1. The van der Waals surface area contributed by atoms with Gasteiger partial charge in [0.2, 0.25) is 11.8 Å². The number of likely N-dealkylation sites (N-methyl/N-ethyl adjacent to an activating group) is 1. The van der Waals surface area contributed by atoms with Crippen LogP contribution in [0.4, 0.5) is 0 Å². The van der Waals surface area contributed by atoms with Gasteiger partial charge in [0.05, 0.1) is 18.8 Å². The number of aromatic nitrogens is 4. The number of hydrogen-bond acceptors (Lipinski definition) is 5. The van der Waals surface area contributed by atoms with Crippen LogP contribution in [0.1, 0.15) is 50.3 Å². The summed E-state index contributed by atoms with van der Waals surface area (Å²) >= 11 is 0. The monoisotopic (exact) mass is 416 g/mol. The zero-order valence-electron chi connectivity index (χ0n) is 18.6. The Bertz CT molecular complexity index is 906. The SMILES string of the molecule is CNC(=O)[C@@H]1C[C@@H](O)CN1C(=O)[C@@H](n1cc(Cn2c(C)ccc2C)nn1)C(C)(C)C. The van der Waals surface area contributed by atoms with Crippen LogP contribution in [0.25, 0.3) is 0 Å². The van der Waals surface area contributed by atoms with Crippen molar-refractivity contribution in [2.45, 2.75) is 65.8 Å². The summed E-state index contributed by atoms with van der Waals surface area (Å²) in [4.78, 5) is 27.3. The zero-order chi connectivity index (χ0) is 22.2. The lowest BCUT2D eigenvalue weighted by Gasteiger charge is -2.34. The molecular formula is C21H32N6O3. The summed E-state index contributed by atoms with van der Waals surface area (Å²) in [7, 11) is 1.53. The average molecular weight is 417 g/mol. The van der Waals surface area contributed by atoms with Gasteiger partial charge in [-0.1, -0.05) is 26.0 Å². The van der Waals surface area contributed by atoms with Gasteiger partial charge in [0, 0.05) is 31.4 Å². The minimum atomic E-state index is -0.720. The molecule has 3 atom stereocenters. The molecule has 30 heavy (non-hydrogen) atoms. The highest BCUT2D eigenvalue weighted by Gasteiger charge is 2.44. The third kappa shape index (κ3) is 4.26. The van der Waals surface area contributed by atoms with E-state index in [9.17, 15) is 14.7 Å². The van der Waals surface area contributed by atoms with Crippen LogP contribution in [0.3, 0.4) is 0 Å². The molecule has 3 rings (SSSR count). The standard InChI is InChI=1S/C21H32N6O3/c1-13-7-8-14(2)25(13)10-15-11-27(24-23-15)18(21(3,4)5)20(30)26-12-16(28)9-17(26)19(29)22-6/h7-8,11,16-18,28H,9-10,12H2,1-6H3,(H,22,29)/t16-,17+,18-/m1/s1. The number of carbonyl (C=O) groups is 2. The number of aliphatic hydroxyl groups is 1. The van der Waals surface area contributed by atoms with Crippen LogP contribution < -0.4 is 5.32 Å². The lowest BCUT2D eigenvalue weighted by molar-refractivity contribution is -0.144. The Morgan fingerprint density at radius 1 is 1.27 bits per heavy atom. The first-order valence-electron chi connectivity index (χ1n) is 10.3. The molecule has 2 aromatic rings. The molecule has 2 aromatic heterocycles. The molecule has 0 aliphatic carbocycles. The van der Waals surface area contributed by atoms with E-state index < -0.39 is 23.6 Å². The number of aliphatic hydroxyl groups excluding tert-OH is 1. The van der Waals surface area contributed by atoms with Gasteiger partial charge in [-0.05, 0) is 31.4 Å². The number of β-amino-alcohol motifs (C(OH)–C–C–N with tert-alkyl or cyclic N) is 1. The lowest BCUT2D eigenvalue weighted by Crippen LogP contribution is -2.49. The highest BCUT2D eigenvalue weighted by molar-refractivity contribution is 5.90. The molecule has 2 amide bonds. The minimum absolute atomic E-state index is 0.132. The molecule has 9 heteroatoms. The highest BCUT2D eigenvalue weighted by atomic mass is 16.3. The normalized spacial score (nSPS) is 20.4. The largest absolute Gasteiger partial charge is 0.391 e. The Hall–Kier alpha value is -2.68. The summed E-state index contributed by atoms with van der Waals surface area (Å²) in [5, 5.41) is 21.3. The average Bonchev–Trinajstić information content (AvgIpc) is 3.36. The first-order chi connectivity index (χ1) is 14.0. The molecule has 3 heterocycles. The van der Waals surface area contributed by atoms with Crippen LogP contribution >= 0.6 is 0 Å². The van der Waals surface area contributed by atoms with E-state index in [0.717, 1.165) is 17.1 Å². The highest BCUT2D eigenvalue weighted by Crippen LogP contribution is 2.34. The van der Waals surface area contributed by atoms with E-state index in [1.807, 2.05) is 34.6 Å². The fourth-order valence-electron chi connectivity index (χ4n) is 4.13. The molecule has 1 saturated heterocycles. The van der Waals surface area contributed by atoms with Crippen LogP contribution in [-0.4, -0.2) is 67.1 Å². The van der Waals surface area contributed by atoms with E-state index in [1.54, 1.807) is 10.9 Å². The molecule has 0 aromatic carbocycles. The minimum Gasteiger partial charge on any atom is -0.391 e. The molecule has 0 radical (unpaired) electrons. The molecule has 0 unspecified atom stereocenters. The second-order valence-corrected chi connectivity index (χ2v) is 9.17. The van der Waals surface area contributed by atoms with Crippen molar-refractivity contribution < 1.29 is 14.7 Å². The van der Waals surface area contributed by atoms with Crippen molar-refractivity contribution in [3.8, 4) is 0 Å². The third-order valence-corrected chi connectivity index (χ3v) is 5.72. The molecule has 1 aliphatic heterocycles. The molecule has 2 N–H and O–H groups in total. The number of carbonyl (C=O) groups excluding carboxylic acids is 2. The molecule has 0 saturated carbocycles. The maximum absolute atomic E-state index is 13.5. The fourth-order valence-corrected chi connectivity index (χ4v) is 4.13. The summed E-state index contributed by atoms with van der Waals surface area (Å²) in [6.45, 7) is 10.6. The van der Waals surface area contributed by atoms with E-state index in [0.29, 0.717) is 6.54 Å². The molecule has 0 bridgehead atoms. The van der Waals surface area contributed by atoms with Crippen LogP contribution in [0, 0.1) is 19.3 Å². The Labute approximate surface area is 177 Å². The summed E-state index contributed by atoms with van der Waals surface area (Å²) in [5.41, 5.74) is 2.54. The van der Waals surface area contributed by atoms with Crippen LogP contribution in [0.2, 0.25) is 0 Å². The Morgan fingerprint density at radius 3 is 2.47 bits per heavy atom. The topological polar surface area (TPSA) is 105 Å². The molecule has 0 spiro atoms. The van der Waals surface area contributed by atoms with E-state index in [1.165, 1.54) is 11.9 Å². The van der Waals surface area contributed by atoms with Gasteiger partial charge in [-0.3, -0.25) is 9.59 Å². The number of nitrogens with zero attached hydrogens (tertiary/aromatic N) is 5. The molecular weight excluding hydrogens is 384 g/mol. The second kappa shape index (κ2) is 8.22. The predicted octanol–water partition coefficient (Wildman–Crippen LogP) is 1.04. The molecule has 1 aliphatic rings. The van der Waals surface area contributed by atoms with Crippen molar-refractivity contribution in [2.75, 3.05) is 13.6 Å². The smallest absolute Gasteiger partial charge is 0.248 e. The van der Waals surface area contributed by atoms with Crippen molar-refractivity contribution in [2.24, 2.45) is 5.41 Å². The zero-order valence-corrected chi connectivity index (χ0v) is 18.6. The van der Waals surface area contributed by atoms with Crippen molar-refractivity contribution in [1.29, 1.82) is 0 Å². The van der Waals surface area contributed by atoms with Crippen molar-refractivity contribution in [3.05, 3.63) is 35.4 Å². The quantitative estimate of drug-likeness (QED) is 0.758. The van der Waals surface area contributed by atoms with Crippen molar-refractivity contribution >= 4 is 11.8 Å². The number of aryl methyl sites for hydroxylation is 2. The van der Waals surface area contributed by atoms with Crippen molar-refractivity contribution in [3.63, 3.8) is 0 Å². The Balaban J connectivity index is 1.89.